The van der Waals surface area contributed by atoms with Crippen molar-refractivity contribution in [1.29, 1.82) is 0 Å². The number of nitrogens with one attached hydrogen (secondary N) is 1. The Hall–Kier alpha value is -2.87. The first kappa shape index (κ1) is 20.9. The van der Waals surface area contributed by atoms with Crippen molar-refractivity contribution >= 4 is 40.0 Å². The van der Waals surface area contributed by atoms with Crippen LogP contribution in [0.1, 0.15) is 26.1 Å². The maximum absolute atomic E-state index is 12.4. The molecule has 3 N–H and O–H groups in total. The third-order valence-corrected chi connectivity index (χ3v) is 5.27. The Kier molecular flexibility index (Phi) is 6.87. The van der Waals surface area contributed by atoms with E-state index in [0.29, 0.717) is 17.5 Å². The summed E-state index contributed by atoms with van der Waals surface area (Å²) >= 11 is 1.34. The van der Waals surface area contributed by atoms with Gasteiger partial charge in [0.25, 0.3) is 0 Å². The molecule has 29 heavy (non-hydrogen) atoms. The minimum atomic E-state index is -0.368. The first-order valence-electron chi connectivity index (χ1n) is 9.54. The molecule has 8 heteroatoms. The van der Waals surface area contributed by atoms with Gasteiger partial charge in [0.15, 0.2) is 5.16 Å². The van der Waals surface area contributed by atoms with Gasteiger partial charge in [-0.2, -0.15) is 0 Å². The summed E-state index contributed by atoms with van der Waals surface area (Å²) in [4.78, 5) is 23.5. The molecule has 152 valence electrons. The maximum Gasteiger partial charge on any atom is 0.234 e. The molecule has 7 nitrogen and oxygen atoms in total. The molecule has 0 atom stereocenters. The van der Waals surface area contributed by atoms with E-state index in [1.807, 2.05) is 47.0 Å². The van der Waals surface area contributed by atoms with Crippen molar-refractivity contribution in [2.75, 3.05) is 11.1 Å². The fraction of sp³-hybridized carbons (Fsp3) is 0.333. The van der Waals surface area contributed by atoms with Crippen molar-refractivity contribution < 1.29 is 9.59 Å². The molecule has 0 saturated heterocycles. The van der Waals surface area contributed by atoms with Gasteiger partial charge in [-0.05, 0) is 28.8 Å². The molecule has 0 bridgehead atoms. The zero-order valence-corrected chi connectivity index (χ0v) is 17.4. The highest BCUT2D eigenvalue weighted by Gasteiger charge is 2.16. The lowest BCUT2D eigenvalue weighted by Gasteiger charge is -2.12. The molecule has 0 fully saturated rings. The number of nitrogens with two attached hydrogens (primary N) is 1. The van der Waals surface area contributed by atoms with E-state index in [9.17, 15) is 9.59 Å². The normalized spacial score (nSPS) is 11.1. The number of benzene rings is 2. The second kappa shape index (κ2) is 9.56. The van der Waals surface area contributed by atoms with Gasteiger partial charge in [0.05, 0.1) is 5.75 Å². The van der Waals surface area contributed by atoms with Crippen LogP contribution in [0.25, 0.3) is 10.8 Å². The van der Waals surface area contributed by atoms with Crippen LogP contribution in [0.5, 0.6) is 0 Å². The van der Waals surface area contributed by atoms with E-state index in [2.05, 4.69) is 29.4 Å². The zero-order chi connectivity index (χ0) is 20.8. The number of amides is 2. The number of thioether (sulfide) groups is 1. The van der Waals surface area contributed by atoms with Gasteiger partial charge < -0.3 is 15.6 Å². The summed E-state index contributed by atoms with van der Waals surface area (Å²) in [5.74, 6) is 0.842. The predicted octanol–water partition coefficient (Wildman–Crippen LogP) is 3.24. The Bertz CT molecular complexity index is 1020. The van der Waals surface area contributed by atoms with E-state index in [1.54, 1.807) is 0 Å². The van der Waals surface area contributed by atoms with E-state index >= 15 is 0 Å². The van der Waals surface area contributed by atoms with Crippen molar-refractivity contribution in [1.82, 2.24) is 14.8 Å². The number of nitrogens with zero attached hydrogens (tertiary/aromatic N) is 3. The number of primary amides is 1. The summed E-state index contributed by atoms with van der Waals surface area (Å²) in [5.41, 5.74) is 6.01. The number of carbonyl (C=O) groups is 2. The highest BCUT2D eigenvalue weighted by atomic mass is 32.2. The van der Waals surface area contributed by atoms with Gasteiger partial charge in [0, 0.05) is 25.1 Å². The van der Waals surface area contributed by atoms with Gasteiger partial charge in [0.2, 0.25) is 11.8 Å². The molecule has 0 saturated carbocycles. The van der Waals surface area contributed by atoms with E-state index in [0.717, 1.165) is 28.8 Å². The van der Waals surface area contributed by atoms with Gasteiger partial charge in [0.1, 0.15) is 5.82 Å². The third kappa shape index (κ3) is 5.80. The smallest absolute Gasteiger partial charge is 0.234 e. The number of fused-ring (bicyclic) bond motifs is 1. The zero-order valence-electron chi connectivity index (χ0n) is 16.6. The number of hydrogen-bond acceptors (Lipinski definition) is 5. The SMILES string of the molecule is CC(C)Cn1c(CCC(N)=O)nnc1SCC(=O)Nc1ccc2ccccc2c1. The molecule has 1 heterocycles. The molecule has 1 aromatic heterocycles. The number of carbonyl (C=O) groups excluding carboxylic acids is 2. The summed E-state index contributed by atoms with van der Waals surface area (Å²) in [6.07, 6.45) is 0.669. The van der Waals surface area contributed by atoms with E-state index < -0.39 is 0 Å². The Balaban J connectivity index is 1.64. The fourth-order valence-corrected chi connectivity index (χ4v) is 3.76. The van der Waals surface area contributed by atoms with Crippen LogP contribution in [0.2, 0.25) is 0 Å². The maximum atomic E-state index is 12.4. The number of hydrogen-bond donors (Lipinski definition) is 2. The Labute approximate surface area is 174 Å². The summed E-state index contributed by atoms with van der Waals surface area (Å²) < 4.78 is 1.97. The molecule has 0 aliphatic carbocycles. The quantitative estimate of drug-likeness (QED) is 0.526. The Morgan fingerprint density at radius 3 is 2.62 bits per heavy atom. The molecule has 0 radical (unpaired) electrons. The number of aryl methyl sites for hydroxylation is 1. The molecule has 0 aliphatic heterocycles. The Morgan fingerprint density at radius 1 is 1.14 bits per heavy atom. The van der Waals surface area contributed by atoms with Crippen molar-refractivity contribution in [2.24, 2.45) is 11.7 Å². The highest BCUT2D eigenvalue weighted by molar-refractivity contribution is 7.99. The number of anilines is 1. The van der Waals surface area contributed by atoms with Crippen LogP contribution in [0.4, 0.5) is 5.69 Å². The largest absolute Gasteiger partial charge is 0.370 e. The van der Waals surface area contributed by atoms with Gasteiger partial charge in [-0.3, -0.25) is 9.59 Å². The van der Waals surface area contributed by atoms with Crippen molar-refractivity contribution in [2.45, 2.75) is 38.4 Å². The fourth-order valence-electron chi connectivity index (χ4n) is 2.99. The van der Waals surface area contributed by atoms with Gasteiger partial charge in [-0.25, -0.2) is 0 Å². The molecular weight excluding hydrogens is 386 g/mol. The molecule has 3 rings (SSSR count). The van der Waals surface area contributed by atoms with Crippen molar-refractivity contribution in [3.8, 4) is 0 Å². The molecule has 0 aliphatic rings. The molecule has 2 amide bonds. The van der Waals surface area contributed by atoms with Crippen LogP contribution in [0.15, 0.2) is 47.6 Å². The van der Waals surface area contributed by atoms with Crippen LogP contribution in [0, 0.1) is 5.92 Å². The number of aromatic nitrogens is 3. The molecule has 0 spiro atoms. The summed E-state index contributed by atoms with van der Waals surface area (Å²) in [7, 11) is 0. The second-order valence-electron chi connectivity index (χ2n) is 7.27. The van der Waals surface area contributed by atoms with Crippen LogP contribution in [-0.2, 0) is 22.6 Å². The summed E-state index contributed by atoms with van der Waals surface area (Å²) in [6.45, 7) is 4.91. The lowest BCUT2D eigenvalue weighted by Crippen LogP contribution is -2.16. The highest BCUT2D eigenvalue weighted by Crippen LogP contribution is 2.22. The van der Waals surface area contributed by atoms with Crippen molar-refractivity contribution in [3.63, 3.8) is 0 Å². The molecular formula is C21H25N5O2S. The average Bonchev–Trinajstić information content (AvgIpc) is 3.05. The van der Waals surface area contributed by atoms with Gasteiger partial charge in [-0.15, -0.1) is 10.2 Å². The van der Waals surface area contributed by atoms with E-state index in [1.165, 1.54) is 11.8 Å². The van der Waals surface area contributed by atoms with Crippen LogP contribution >= 0.6 is 11.8 Å². The lowest BCUT2D eigenvalue weighted by molar-refractivity contribution is -0.118. The van der Waals surface area contributed by atoms with Crippen LogP contribution in [0.3, 0.4) is 0 Å². The van der Waals surface area contributed by atoms with Crippen molar-refractivity contribution in [3.05, 3.63) is 48.3 Å². The van der Waals surface area contributed by atoms with Gasteiger partial charge >= 0.3 is 0 Å². The monoisotopic (exact) mass is 411 g/mol. The number of rotatable bonds is 9. The van der Waals surface area contributed by atoms with E-state index in [-0.39, 0.29) is 24.0 Å². The third-order valence-electron chi connectivity index (χ3n) is 4.30. The molecule has 3 aromatic rings. The second-order valence-corrected chi connectivity index (χ2v) is 8.21. The minimum Gasteiger partial charge on any atom is -0.370 e. The van der Waals surface area contributed by atoms with Gasteiger partial charge in [-0.1, -0.05) is 55.9 Å². The summed E-state index contributed by atoms with van der Waals surface area (Å²) in [6, 6.07) is 13.9. The first-order chi connectivity index (χ1) is 13.9. The van der Waals surface area contributed by atoms with Crippen LogP contribution < -0.4 is 11.1 Å². The lowest BCUT2D eigenvalue weighted by atomic mass is 10.1. The average molecular weight is 412 g/mol. The molecule has 2 aromatic carbocycles. The first-order valence-corrected chi connectivity index (χ1v) is 10.5. The minimum absolute atomic E-state index is 0.108. The summed E-state index contributed by atoms with van der Waals surface area (Å²) in [5, 5.41) is 14.2. The topological polar surface area (TPSA) is 103 Å². The predicted molar refractivity (Wildman–Crippen MR) is 116 cm³/mol. The van der Waals surface area contributed by atoms with E-state index in [4.69, 9.17) is 5.73 Å². The Morgan fingerprint density at radius 2 is 1.90 bits per heavy atom. The standard InChI is InChI=1S/C21H25N5O2S/c1-14(2)12-26-19(10-9-18(22)27)24-25-21(26)29-13-20(28)23-17-8-7-15-5-3-4-6-16(15)11-17/h3-8,11,14H,9-10,12-13H2,1-2H3,(H2,22,27)(H,23,28). The molecule has 0 unspecified atom stereocenters. The van der Waals surface area contributed by atoms with Crippen LogP contribution in [-0.4, -0.2) is 32.3 Å².